The molecule has 0 aliphatic rings. The van der Waals surface area contributed by atoms with E-state index in [1.54, 1.807) is 0 Å². The highest BCUT2D eigenvalue weighted by atomic mass is 16.5. The molecule has 4 nitrogen and oxygen atoms in total. The van der Waals surface area contributed by atoms with Crippen LogP contribution in [0.1, 0.15) is 39.2 Å². The normalized spacial score (nSPS) is 11.7. The number of hydrogen-bond donors (Lipinski definition) is 2. The van der Waals surface area contributed by atoms with Gasteiger partial charge in [0.1, 0.15) is 0 Å². The molecule has 0 spiro atoms. The van der Waals surface area contributed by atoms with Crippen molar-refractivity contribution in [3.8, 4) is 0 Å². The first-order valence-electron chi connectivity index (χ1n) is 8.86. The van der Waals surface area contributed by atoms with Gasteiger partial charge in [0.2, 0.25) is 0 Å². The molecule has 0 aromatic heterocycles. The van der Waals surface area contributed by atoms with Crippen molar-refractivity contribution in [2.75, 3.05) is 32.8 Å². The molecule has 2 N–H and O–H groups in total. The zero-order valence-electron chi connectivity index (χ0n) is 15.0. The lowest BCUT2D eigenvalue weighted by atomic mass is 10.2. The number of benzene rings is 1. The molecule has 1 aromatic rings. The van der Waals surface area contributed by atoms with Crippen LogP contribution in [0.3, 0.4) is 0 Å². The van der Waals surface area contributed by atoms with Crippen molar-refractivity contribution >= 4 is 5.96 Å². The summed E-state index contributed by atoms with van der Waals surface area (Å²) in [6, 6.07) is 10.5. The average molecular weight is 319 g/mol. The highest BCUT2D eigenvalue weighted by molar-refractivity contribution is 5.79. The smallest absolute Gasteiger partial charge is 0.191 e. The van der Waals surface area contributed by atoms with E-state index in [1.807, 2.05) is 6.07 Å². The fraction of sp³-hybridized carbons (Fsp3) is 0.632. The quantitative estimate of drug-likeness (QED) is 0.374. The van der Waals surface area contributed by atoms with Gasteiger partial charge in [-0.25, -0.2) is 0 Å². The molecule has 0 fully saturated rings. The molecule has 1 rings (SSSR count). The molecule has 0 saturated carbocycles. The van der Waals surface area contributed by atoms with Gasteiger partial charge in [0, 0.05) is 26.2 Å². The minimum Gasteiger partial charge on any atom is -0.381 e. The third-order valence-electron chi connectivity index (χ3n) is 3.34. The van der Waals surface area contributed by atoms with Crippen LogP contribution in [0.2, 0.25) is 0 Å². The molecule has 0 saturated heterocycles. The molecule has 130 valence electrons. The van der Waals surface area contributed by atoms with Gasteiger partial charge in [0.25, 0.3) is 0 Å². The van der Waals surface area contributed by atoms with Gasteiger partial charge in [0.05, 0.1) is 6.61 Å². The molecule has 0 aliphatic heterocycles. The molecule has 0 aliphatic carbocycles. The van der Waals surface area contributed by atoms with E-state index in [0.717, 1.165) is 58.1 Å². The Bertz CT molecular complexity index is 418. The Hall–Kier alpha value is -1.55. The second-order valence-electron chi connectivity index (χ2n) is 6.10. The zero-order valence-corrected chi connectivity index (χ0v) is 15.0. The fourth-order valence-corrected chi connectivity index (χ4v) is 2.09. The molecule has 0 amide bonds. The zero-order chi connectivity index (χ0) is 16.8. The molecular formula is C19H33N3O. The molecule has 0 radical (unpaired) electrons. The maximum absolute atomic E-state index is 5.70. The molecular weight excluding hydrogens is 286 g/mol. The largest absolute Gasteiger partial charge is 0.381 e. The Kier molecular flexibility index (Phi) is 11.0. The maximum Gasteiger partial charge on any atom is 0.191 e. The summed E-state index contributed by atoms with van der Waals surface area (Å²) in [6.45, 7) is 10.8. The molecule has 0 bridgehead atoms. The van der Waals surface area contributed by atoms with Crippen LogP contribution in [0.15, 0.2) is 35.3 Å². The van der Waals surface area contributed by atoms with Crippen LogP contribution in [0.5, 0.6) is 0 Å². The predicted molar refractivity (Wildman–Crippen MR) is 99.0 cm³/mol. The van der Waals surface area contributed by atoms with E-state index in [-0.39, 0.29) is 0 Å². The van der Waals surface area contributed by atoms with Crippen molar-refractivity contribution in [3.05, 3.63) is 35.9 Å². The summed E-state index contributed by atoms with van der Waals surface area (Å²) < 4.78 is 5.70. The Morgan fingerprint density at radius 2 is 1.87 bits per heavy atom. The summed E-state index contributed by atoms with van der Waals surface area (Å²) in [5.74, 6) is 1.51. The summed E-state index contributed by atoms with van der Waals surface area (Å²) in [7, 11) is 0. The summed E-state index contributed by atoms with van der Waals surface area (Å²) in [6.07, 6.45) is 3.16. The van der Waals surface area contributed by atoms with Crippen LogP contribution in [0, 0.1) is 5.92 Å². The highest BCUT2D eigenvalue weighted by Crippen LogP contribution is 2.00. The second kappa shape index (κ2) is 12.9. The minimum absolute atomic E-state index is 0.587. The molecule has 4 heteroatoms. The number of rotatable bonds is 11. The standard InChI is InChI=1S/C19H33N3O/c1-4-20-19(22-16-17(2)3)21-13-8-9-14-23-15-12-18-10-6-5-7-11-18/h5-7,10-11,17H,4,8-9,12-16H2,1-3H3,(H2,20,21,22). The molecule has 0 heterocycles. The average Bonchev–Trinajstić information content (AvgIpc) is 2.55. The Morgan fingerprint density at radius 1 is 1.09 bits per heavy atom. The van der Waals surface area contributed by atoms with Crippen LogP contribution in [0.25, 0.3) is 0 Å². The summed E-state index contributed by atoms with van der Waals surface area (Å²) in [4.78, 5) is 4.56. The number of guanidine groups is 1. The van der Waals surface area contributed by atoms with Crippen LogP contribution < -0.4 is 10.6 Å². The Balaban J connectivity index is 2.02. The molecule has 0 unspecified atom stereocenters. The van der Waals surface area contributed by atoms with Crippen molar-refractivity contribution in [2.45, 2.75) is 40.0 Å². The molecule has 0 atom stereocenters. The van der Waals surface area contributed by atoms with E-state index in [1.165, 1.54) is 5.56 Å². The SMILES string of the molecule is CCNC(=NCC(C)C)NCCCCOCCc1ccccc1. The second-order valence-corrected chi connectivity index (χ2v) is 6.10. The van der Waals surface area contributed by atoms with E-state index >= 15 is 0 Å². The lowest BCUT2D eigenvalue weighted by molar-refractivity contribution is 0.133. The lowest BCUT2D eigenvalue weighted by Crippen LogP contribution is -2.38. The number of nitrogens with zero attached hydrogens (tertiary/aromatic N) is 1. The third-order valence-corrected chi connectivity index (χ3v) is 3.34. The molecule has 23 heavy (non-hydrogen) atoms. The Morgan fingerprint density at radius 3 is 2.57 bits per heavy atom. The first-order chi connectivity index (χ1) is 11.2. The fourth-order valence-electron chi connectivity index (χ4n) is 2.09. The topological polar surface area (TPSA) is 45.7 Å². The van der Waals surface area contributed by atoms with Crippen molar-refractivity contribution in [1.82, 2.24) is 10.6 Å². The number of aliphatic imine (C=N–C) groups is 1. The van der Waals surface area contributed by atoms with E-state index in [9.17, 15) is 0 Å². The van der Waals surface area contributed by atoms with Crippen LogP contribution in [0.4, 0.5) is 0 Å². The van der Waals surface area contributed by atoms with Crippen molar-refractivity contribution in [2.24, 2.45) is 10.9 Å². The summed E-state index contributed by atoms with van der Waals surface area (Å²) in [5, 5.41) is 6.65. The van der Waals surface area contributed by atoms with Gasteiger partial charge >= 0.3 is 0 Å². The summed E-state index contributed by atoms with van der Waals surface area (Å²) >= 11 is 0. The van der Waals surface area contributed by atoms with Gasteiger partial charge in [-0.1, -0.05) is 44.2 Å². The van der Waals surface area contributed by atoms with Gasteiger partial charge in [-0.05, 0) is 37.7 Å². The monoisotopic (exact) mass is 319 g/mol. The van der Waals surface area contributed by atoms with Crippen LogP contribution >= 0.6 is 0 Å². The van der Waals surface area contributed by atoms with Gasteiger partial charge in [0.15, 0.2) is 5.96 Å². The highest BCUT2D eigenvalue weighted by Gasteiger charge is 1.98. The van der Waals surface area contributed by atoms with Crippen LogP contribution in [-0.4, -0.2) is 38.8 Å². The van der Waals surface area contributed by atoms with E-state index in [2.05, 4.69) is 60.7 Å². The van der Waals surface area contributed by atoms with E-state index < -0.39 is 0 Å². The van der Waals surface area contributed by atoms with Crippen LogP contribution in [-0.2, 0) is 11.2 Å². The first-order valence-corrected chi connectivity index (χ1v) is 8.86. The minimum atomic E-state index is 0.587. The summed E-state index contributed by atoms with van der Waals surface area (Å²) in [5.41, 5.74) is 1.34. The van der Waals surface area contributed by atoms with Crippen molar-refractivity contribution in [1.29, 1.82) is 0 Å². The number of hydrogen-bond acceptors (Lipinski definition) is 2. The lowest BCUT2D eigenvalue weighted by Gasteiger charge is -2.12. The number of unbranched alkanes of at least 4 members (excludes halogenated alkanes) is 1. The maximum atomic E-state index is 5.70. The van der Waals surface area contributed by atoms with Gasteiger partial charge in [-0.2, -0.15) is 0 Å². The van der Waals surface area contributed by atoms with Crippen molar-refractivity contribution < 1.29 is 4.74 Å². The Labute approximate surface area is 141 Å². The molecule has 1 aromatic carbocycles. The van der Waals surface area contributed by atoms with E-state index in [4.69, 9.17) is 4.74 Å². The van der Waals surface area contributed by atoms with Crippen molar-refractivity contribution in [3.63, 3.8) is 0 Å². The predicted octanol–water partition coefficient (Wildman–Crippen LogP) is 3.24. The van der Waals surface area contributed by atoms with E-state index in [0.29, 0.717) is 5.92 Å². The third kappa shape index (κ3) is 10.7. The number of ether oxygens (including phenoxy) is 1. The van der Waals surface area contributed by atoms with Gasteiger partial charge in [-0.3, -0.25) is 4.99 Å². The first kappa shape index (κ1) is 19.5. The number of nitrogens with one attached hydrogen (secondary N) is 2. The van der Waals surface area contributed by atoms with Gasteiger partial charge in [-0.15, -0.1) is 0 Å². The van der Waals surface area contributed by atoms with Gasteiger partial charge < -0.3 is 15.4 Å².